The Kier molecular flexibility index (Phi) is 5.94. The van der Waals surface area contributed by atoms with E-state index in [1.165, 1.54) is 0 Å². The van der Waals surface area contributed by atoms with Gasteiger partial charge in [-0.15, -0.1) is 10.2 Å². The lowest BCUT2D eigenvalue weighted by Crippen LogP contribution is -2.33. The molecule has 110 valence electrons. The highest BCUT2D eigenvalue weighted by Crippen LogP contribution is 2.18. The maximum Gasteiger partial charge on any atom is 0.230 e. The summed E-state index contributed by atoms with van der Waals surface area (Å²) in [6, 6.07) is 0. The van der Waals surface area contributed by atoms with Crippen LogP contribution in [0.4, 0.5) is 0 Å². The molecule has 1 rings (SSSR count). The molecule has 1 aromatic rings. The number of rotatable bonds is 7. The molecule has 0 saturated carbocycles. The minimum absolute atomic E-state index is 0.205. The van der Waals surface area contributed by atoms with Gasteiger partial charge >= 0.3 is 0 Å². The lowest BCUT2D eigenvalue weighted by molar-refractivity contribution is 0.153. The Hall–Kier alpha value is -0.940. The zero-order valence-corrected chi connectivity index (χ0v) is 12.8. The number of aromatic nitrogens is 2. The molecule has 0 aliphatic carbocycles. The molecule has 5 heteroatoms. The summed E-state index contributed by atoms with van der Waals surface area (Å²) in [5.41, 5.74) is 0.205. The van der Waals surface area contributed by atoms with E-state index in [-0.39, 0.29) is 17.9 Å². The normalized spacial score (nSPS) is 12.6. The number of aliphatic hydroxyl groups excluding tert-OH is 1. The predicted octanol–water partition coefficient (Wildman–Crippen LogP) is 2.42. The summed E-state index contributed by atoms with van der Waals surface area (Å²) < 4.78 is 5.64. The van der Waals surface area contributed by atoms with Gasteiger partial charge in [0.25, 0.3) is 0 Å². The van der Waals surface area contributed by atoms with Crippen LogP contribution in [-0.2, 0) is 6.54 Å². The van der Waals surface area contributed by atoms with Crippen LogP contribution in [0.5, 0.6) is 0 Å². The second-order valence-electron chi connectivity index (χ2n) is 6.54. The number of nitrogens with zero attached hydrogens (tertiary/aromatic N) is 3. The van der Waals surface area contributed by atoms with Gasteiger partial charge in [0.1, 0.15) is 0 Å². The van der Waals surface area contributed by atoms with E-state index < -0.39 is 0 Å². The summed E-state index contributed by atoms with van der Waals surface area (Å²) in [7, 11) is 0. The van der Waals surface area contributed by atoms with Crippen molar-refractivity contribution in [3.8, 4) is 0 Å². The number of aliphatic hydroxyl groups is 1. The highest BCUT2D eigenvalue weighted by Gasteiger charge is 2.19. The largest absolute Gasteiger partial charge is 0.424 e. The van der Waals surface area contributed by atoms with E-state index in [0.29, 0.717) is 18.3 Å². The average molecular weight is 269 g/mol. The molecule has 5 nitrogen and oxygen atoms in total. The lowest BCUT2D eigenvalue weighted by atomic mass is 9.96. The van der Waals surface area contributed by atoms with Crippen molar-refractivity contribution in [2.45, 2.75) is 53.5 Å². The van der Waals surface area contributed by atoms with Crippen molar-refractivity contribution in [1.82, 2.24) is 15.1 Å². The molecule has 0 aromatic carbocycles. The smallest absolute Gasteiger partial charge is 0.230 e. The van der Waals surface area contributed by atoms with Crippen LogP contribution in [0.1, 0.15) is 58.7 Å². The molecular formula is C14H27N3O2. The molecule has 0 spiro atoms. The third-order valence-corrected chi connectivity index (χ3v) is 2.67. The van der Waals surface area contributed by atoms with Crippen molar-refractivity contribution in [1.29, 1.82) is 0 Å². The highest BCUT2D eigenvalue weighted by atomic mass is 16.4. The predicted molar refractivity (Wildman–Crippen MR) is 74.8 cm³/mol. The van der Waals surface area contributed by atoms with Crippen molar-refractivity contribution in [3.63, 3.8) is 0 Å². The fraction of sp³-hybridized carbons (Fsp3) is 0.857. The quantitative estimate of drug-likeness (QED) is 0.823. The molecule has 0 bridgehead atoms. The molecule has 0 aliphatic heterocycles. The molecule has 0 saturated heterocycles. The minimum atomic E-state index is 0.205. The second kappa shape index (κ2) is 7.01. The molecule has 0 fully saturated rings. The highest BCUT2D eigenvalue weighted by molar-refractivity contribution is 4.87. The Morgan fingerprint density at radius 1 is 1.26 bits per heavy atom. The molecule has 1 heterocycles. The van der Waals surface area contributed by atoms with Gasteiger partial charge in [0.15, 0.2) is 0 Å². The molecule has 19 heavy (non-hydrogen) atoms. The van der Waals surface area contributed by atoms with E-state index in [1.807, 2.05) is 13.8 Å². The van der Waals surface area contributed by atoms with Gasteiger partial charge in [0.2, 0.25) is 11.8 Å². The van der Waals surface area contributed by atoms with Crippen LogP contribution < -0.4 is 0 Å². The first-order chi connectivity index (χ1) is 8.81. The van der Waals surface area contributed by atoms with Crippen molar-refractivity contribution in [2.24, 2.45) is 5.41 Å². The SMILES string of the molecule is CC(C)c1nnc(CN(CCCO)CC(C)(C)C)o1. The van der Waals surface area contributed by atoms with Gasteiger partial charge < -0.3 is 9.52 Å². The van der Waals surface area contributed by atoms with Crippen LogP contribution in [0.2, 0.25) is 0 Å². The molecule has 0 radical (unpaired) electrons. The molecule has 0 amide bonds. The molecule has 1 N–H and O–H groups in total. The summed E-state index contributed by atoms with van der Waals surface area (Å²) >= 11 is 0. The van der Waals surface area contributed by atoms with Crippen molar-refractivity contribution >= 4 is 0 Å². The summed E-state index contributed by atoms with van der Waals surface area (Å²) in [5, 5.41) is 17.1. The van der Waals surface area contributed by atoms with Gasteiger partial charge in [-0.3, -0.25) is 4.90 Å². The van der Waals surface area contributed by atoms with Crippen molar-refractivity contribution < 1.29 is 9.52 Å². The number of hydrogen-bond acceptors (Lipinski definition) is 5. The zero-order valence-electron chi connectivity index (χ0n) is 12.8. The Morgan fingerprint density at radius 3 is 2.42 bits per heavy atom. The molecular weight excluding hydrogens is 242 g/mol. The maximum absolute atomic E-state index is 8.98. The van der Waals surface area contributed by atoms with Crippen LogP contribution in [0.15, 0.2) is 4.42 Å². The van der Waals surface area contributed by atoms with Crippen LogP contribution in [0, 0.1) is 5.41 Å². The second-order valence-corrected chi connectivity index (χ2v) is 6.54. The van der Waals surface area contributed by atoms with E-state index in [0.717, 1.165) is 19.5 Å². The Balaban J connectivity index is 2.64. The molecule has 0 aliphatic rings. The van der Waals surface area contributed by atoms with E-state index in [9.17, 15) is 0 Å². The van der Waals surface area contributed by atoms with Gasteiger partial charge in [-0.1, -0.05) is 34.6 Å². The van der Waals surface area contributed by atoms with Gasteiger partial charge in [0, 0.05) is 25.6 Å². The standard InChI is InChI=1S/C14H27N3O2/c1-11(2)13-16-15-12(19-13)9-17(7-6-8-18)10-14(3,4)5/h11,18H,6-10H2,1-5H3. The average Bonchev–Trinajstić information content (AvgIpc) is 2.72. The van der Waals surface area contributed by atoms with Gasteiger partial charge in [-0.25, -0.2) is 0 Å². The Labute approximate surface area is 116 Å². The van der Waals surface area contributed by atoms with Gasteiger partial charge in [-0.2, -0.15) is 0 Å². The first-order valence-electron chi connectivity index (χ1n) is 6.97. The Bertz CT molecular complexity index is 369. The number of hydrogen-bond donors (Lipinski definition) is 1. The minimum Gasteiger partial charge on any atom is -0.424 e. The molecule has 0 atom stereocenters. The topological polar surface area (TPSA) is 62.4 Å². The van der Waals surface area contributed by atoms with Gasteiger partial charge in [0.05, 0.1) is 6.54 Å². The summed E-state index contributed by atoms with van der Waals surface area (Å²) in [6.07, 6.45) is 0.765. The first-order valence-corrected chi connectivity index (χ1v) is 6.97. The Morgan fingerprint density at radius 2 is 1.95 bits per heavy atom. The summed E-state index contributed by atoms with van der Waals surface area (Å²) in [5.74, 6) is 1.61. The van der Waals surface area contributed by atoms with Crippen molar-refractivity contribution in [3.05, 3.63) is 11.8 Å². The van der Waals surface area contributed by atoms with Crippen LogP contribution in [0.3, 0.4) is 0 Å². The molecule has 0 unspecified atom stereocenters. The van der Waals surface area contributed by atoms with Crippen LogP contribution >= 0.6 is 0 Å². The van der Waals surface area contributed by atoms with Gasteiger partial charge in [-0.05, 0) is 11.8 Å². The summed E-state index contributed by atoms with van der Waals surface area (Å²) in [6.45, 7) is 13.3. The molecule has 1 aromatic heterocycles. The zero-order chi connectivity index (χ0) is 14.5. The lowest BCUT2D eigenvalue weighted by Gasteiger charge is -2.28. The van der Waals surface area contributed by atoms with E-state index in [1.54, 1.807) is 0 Å². The van der Waals surface area contributed by atoms with E-state index in [2.05, 4.69) is 35.9 Å². The van der Waals surface area contributed by atoms with E-state index >= 15 is 0 Å². The van der Waals surface area contributed by atoms with E-state index in [4.69, 9.17) is 9.52 Å². The first kappa shape index (κ1) is 16.1. The third-order valence-electron chi connectivity index (χ3n) is 2.67. The summed E-state index contributed by atoms with van der Waals surface area (Å²) in [4.78, 5) is 2.26. The maximum atomic E-state index is 8.98. The monoisotopic (exact) mass is 269 g/mol. The fourth-order valence-corrected chi connectivity index (χ4v) is 1.93. The van der Waals surface area contributed by atoms with Crippen molar-refractivity contribution in [2.75, 3.05) is 19.7 Å². The fourth-order valence-electron chi connectivity index (χ4n) is 1.93. The van der Waals surface area contributed by atoms with Crippen LogP contribution in [0.25, 0.3) is 0 Å². The van der Waals surface area contributed by atoms with Crippen LogP contribution in [-0.4, -0.2) is 39.9 Å². The third kappa shape index (κ3) is 6.16.